The smallest absolute Gasteiger partial charge is 0.325 e. The predicted octanol–water partition coefficient (Wildman–Crippen LogP) is 2.94. The molecule has 0 radical (unpaired) electrons. The monoisotopic (exact) mass is 266 g/mol. The van der Waals surface area contributed by atoms with E-state index < -0.39 is 5.41 Å². The summed E-state index contributed by atoms with van der Waals surface area (Å²) in [6.45, 7) is 5.65. The van der Waals surface area contributed by atoms with Crippen LogP contribution in [0.15, 0.2) is 17.5 Å². The second kappa shape index (κ2) is 4.84. The highest BCUT2D eigenvalue weighted by molar-refractivity contribution is 7.10. The summed E-state index contributed by atoms with van der Waals surface area (Å²) in [6, 6.07) is 3.74. The van der Waals surface area contributed by atoms with Crippen molar-refractivity contribution in [2.45, 2.75) is 45.1 Å². The Kier molecular flexibility index (Phi) is 3.57. The Labute approximate surface area is 111 Å². The highest BCUT2D eigenvalue weighted by atomic mass is 32.1. The third-order valence-electron chi connectivity index (χ3n) is 3.50. The average Bonchev–Trinajstić information content (AvgIpc) is 2.95. The van der Waals surface area contributed by atoms with E-state index in [1.807, 2.05) is 38.3 Å². The maximum atomic E-state index is 12.5. The molecule has 2 rings (SSSR count). The Morgan fingerprint density at radius 1 is 1.61 bits per heavy atom. The number of thiophene rings is 1. The molecule has 1 aliphatic heterocycles. The van der Waals surface area contributed by atoms with Crippen molar-refractivity contribution in [1.82, 2.24) is 0 Å². The molecule has 0 saturated carbocycles. The number of carbonyl (C=O) groups is 2. The predicted molar refractivity (Wildman–Crippen MR) is 70.6 cm³/mol. The van der Waals surface area contributed by atoms with Crippen LogP contribution in [-0.2, 0) is 19.7 Å². The maximum absolute atomic E-state index is 12.5. The third-order valence-corrected chi connectivity index (χ3v) is 4.53. The topological polar surface area (TPSA) is 43.4 Å². The fourth-order valence-corrected chi connectivity index (χ4v) is 3.41. The minimum absolute atomic E-state index is 0.0223. The van der Waals surface area contributed by atoms with E-state index in [9.17, 15) is 9.59 Å². The minimum atomic E-state index is -1.05. The van der Waals surface area contributed by atoms with E-state index in [4.69, 9.17) is 4.74 Å². The molecule has 1 fully saturated rings. The zero-order valence-electron chi connectivity index (χ0n) is 10.9. The van der Waals surface area contributed by atoms with Crippen LogP contribution in [0.2, 0.25) is 0 Å². The van der Waals surface area contributed by atoms with Crippen molar-refractivity contribution in [2.24, 2.45) is 5.92 Å². The first-order valence-corrected chi connectivity index (χ1v) is 7.19. The Balaban J connectivity index is 2.48. The van der Waals surface area contributed by atoms with Crippen LogP contribution in [-0.4, -0.2) is 17.9 Å². The number of hydrogen-bond acceptors (Lipinski definition) is 4. The number of Topliss-reactive ketones (excluding diaryl/α,β-unsaturated/α-hetero) is 1. The summed E-state index contributed by atoms with van der Waals surface area (Å²) in [7, 11) is 0. The molecule has 0 amide bonds. The second-order valence-electron chi connectivity index (χ2n) is 5.04. The standard InChI is InChI=1S/C14H18O3S/c1-4-10-8-14(13(16)17-10,12(15)9(2)3)11-6-5-7-18-11/h5-7,9-10H,4,8H2,1-3H3/t10-,14-/m0/s1. The third kappa shape index (κ3) is 1.88. The molecule has 0 aliphatic carbocycles. The molecule has 18 heavy (non-hydrogen) atoms. The fourth-order valence-electron chi connectivity index (χ4n) is 2.48. The van der Waals surface area contributed by atoms with Gasteiger partial charge < -0.3 is 4.74 Å². The minimum Gasteiger partial charge on any atom is -0.461 e. The van der Waals surface area contributed by atoms with Crippen LogP contribution in [0.25, 0.3) is 0 Å². The van der Waals surface area contributed by atoms with Crippen LogP contribution in [0.5, 0.6) is 0 Å². The van der Waals surface area contributed by atoms with Gasteiger partial charge in [-0.15, -0.1) is 11.3 Å². The molecular formula is C14H18O3S. The molecule has 2 heterocycles. The van der Waals surface area contributed by atoms with Gasteiger partial charge in [-0.3, -0.25) is 9.59 Å². The summed E-state index contributed by atoms with van der Waals surface area (Å²) < 4.78 is 5.37. The van der Waals surface area contributed by atoms with Crippen molar-refractivity contribution in [3.05, 3.63) is 22.4 Å². The lowest BCUT2D eigenvalue weighted by molar-refractivity contribution is -0.149. The first-order chi connectivity index (χ1) is 8.52. The van der Waals surface area contributed by atoms with Gasteiger partial charge in [0.05, 0.1) is 0 Å². The van der Waals surface area contributed by atoms with Crippen LogP contribution < -0.4 is 0 Å². The summed E-state index contributed by atoms with van der Waals surface area (Å²) >= 11 is 1.46. The van der Waals surface area contributed by atoms with Gasteiger partial charge in [-0.05, 0) is 17.9 Å². The Morgan fingerprint density at radius 3 is 2.78 bits per heavy atom. The molecule has 0 bridgehead atoms. The van der Waals surface area contributed by atoms with Crippen molar-refractivity contribution >= 4 is 23.1 Å². The molecule has 0 N–H and O–H groups in total. The fraction of sp³-hybridized carbons (Fsp3) is 0.571. The number of rotatable bonds is 4. The summed E-state index contributed by atoms with van der Waals surface area (Å²) in [4.78, 5) is 25.6. The highest BCUT2D eigenvalue weighted by Gasteiger charge is 2.56. The molecule has 0 spiro atoms. The van der Waals surface area contributed by atoms with Gasteiger partial charge in [-0.2, -0.15) is 0 Å². The van der Waals surface area contributed by atoms with Gasteiger partial charge >= 0.3 is 5.97 Å². The lowest BCUT2D eigenvalue weighted by Gasteiger charge is -2.24. The first-order valence-electron chi connectivity index (χ1n) is 6.31. The van der Waals surface area contributed by atoms with Gasteiger partial charge in [0.15, 0.2) is 11.2 Å². The van der Waals surface area contributed by atoms with Gasteiger partial charge in [-0.25, -0.2) is 0 Å². The summed E-state index contributed by atoms with van der Waals surface area (Å²) in [5.74, 6) is -0.559. The highest BCUT2D eigenvalue weighted by Crippen LogP contribution is 2.43. The molecular weight excluding hydrogens is 248 g/mol. The van der Waals surface area contributed by atoms with Gasteiger partial charge in [0.1, 0.15) is 6.10 Å². The Hall–Kier alpha value is -1.16. The number of hydrogen-bond donors (Lipinski definition) is 0. The van der Waals surface area contributed by atoms with Crippen LogP contribution >= 0.6 is 11.3 Å². The SMILES string of the molecule is CC[C@H]1C[C@@](C(=O)C(C)C)(c2cccs2)C(=O)O1. The van der Waals surface area contributed by atoms with E-state index >= 15 is 0 Å². The van der Waals surface area contributed by atoms with E-state index in [1.54, 1.807) is 0 Å². The van der Waals surface area contributed by atoms with Gasteiger partial charge in [-0.1, -0.05) is 26.8 Å². The molecule has 0 aromatic carbocycles. The molecule has 2 atom stereocenters. The lowest BCUT2D eigenvalue weighted by atomic mass is 9.75. The number of esters is 1. The molecule has 4 heteroatoms. The maximum Gasteiger partial charge on any atom is 0.325 e. The largest absolute Gasteiger partial charge is 0.461 e. The van der Waals surface area contributed by atoms with Crippen molar-refractivity contribution in [3.8, 4) is 0 Å². The van der Waals surface area contributed by atoms with Gasteiger partial charge in [0.25, 0.3) is 0 Å². The van der Waals surface area contributed by atoms with Crippen molar-refractivity contribution < 1.29 is 14.3 Å². The van der Waals surface area contributed by atoms with Crippen molar-refractivity contribution in [1.29, 1.82) is 0 Å². The van der Waals surface area contributed by atoms with E-state index in [0.29, 0.717) is 6.42 Å². The average molecular weight is 266 g/mol. The summed E-state index contributed by atoms with van der Waals surface area (Å²) in [5, 5.41) is 1.90. The lowest BCUT2D eigenvalue weighted by Crippen LogP contribution is -2.42. The summed E-state index contributed by atoms with van der Waals surface area (Å²) in [6.07, 6.45) is 1.10. The molecule has 3 nitrogen and oxygen atoms in total. The van der Waals surface area contributed by atoms with Crippen LogP contribution in [0, 0.1) is 5.92 Å². The van der Waals surface area contributed by atoms with E-state index in [-0.39, 0.29) is 23.8 Å². The number of cyclic esters (lactones) is 1. The zero-order chi connectivity index (χ0) is 13.3. The number of ether oxygens (including phenoxy) is 1. The van der Waals surface area contributed by atoms with E-state index in [2.05, 4.69) is 0 Å². The zero-order valence-corrected chi connectivity index (χ0v) is 11.8. The molecule has 1 saturated heterocycles. The van der Waals surface area contributed by atoms with Crippen molar-refractivity contribution in [2.75, 3.05) is 0 Å². The van der Waals surface area contributed by atoms with E-state index in [1.165, 1.54) is 11.3 Å². The quantitative estimate of drug-likeness (QED) is 0.621. The first kappa shape index (κ1) is 13.3. The molecule has 1 aromatic heterocycles. The van der Waals surface area contributed by atoms with Crippen LogP contribution in [0.3, 0.4) is 0 Å². The second-order valence-corrected chi connectivity index (χ2v) is 5.99. The molecule has 1 aliphatic rings. The van der Waals surface area contributed by atoms with E-state index in [0.717, 1.165) is 11.3 Å². The molecule has 98 valence electrons. The van der Waals surface area contributed by atoms with Gasteiger partial charge in [0.2, 0.25) is 0 Å². The normalized spacial score (nSPS) is 27.6. The Bertz CT molecular complexity index is 450. The Morgan fingerprint density at radius 2 is 2.33 bits per heavy atom. The summed E-state index contributed by atoms with van der Waals surface area (Å²) in [5.41, 5.74) is -1.05. The van der Waals surface area contributed by atoms with Crippen LogP contribution in [0.4, 0.5) is 0 Å². The van der Waals surface area contributed by atoms with Crippen LogP contribution in [0.1, 0.15) is 38.5 Å². The number of carbonyl (C=O) groups excluding carboxylic acids is 2. The van der Waals surface area contributed by atoms with Gasteiger partial charge in [0, 0.05) is 17.2 Å². The van der Waals surface area contributed by atoms with Crippen molar-refractivity contribution in [3.63, 3.8) is 0 Å². The molecule has 1 aromatic rings. The molecule has 0 unspecified atom stereocenters. The number of ketones is 1.